The van der Waals surface area contributed by atoms with E-state index in [2.05, 4.69) is 46.9 Å². The number of aromatic hydroxyl groups is 1. The minimum Gasteiger partial charge on any atom is -0.507 e. The van der Waals surface area contributed by atoms with Gasteiger partial charge in [0.05, 0.1) is 5.02 Å². The molecule has 2 aromatic carbocycles. The van der Waals surface area contributed by atoms with Crippen LogP contribution in [0.1, 0.15) is 52.7 Å². The summed E-state index contributed by atoms with van der Waals surface area (Å²) in [5.41, 5.74) is 2.95. The highest BCUT2D eigenvalue weighted by Gasteiger charge is 2.21. The van der Waals surface area contributed by atoms with E-state index in [-0.39, 0.29) is 34.1 Å². The second-order valence-corrected chi connectivity index (χ2v) is 8.92. The highest BCUT2D eigenvalue weighted by atomic mass is 35.5. The Morgan fingerprint density at radius 2 is 1.65 bits per heavy atom. The number of rotatable bonds is 3. The lowest BCUT2D eigenvalue weighted by atomic mass is 9.83. The molecule has 0 aliphatic heterocycles. The molecule has 0 aromatic heterocycles. The molecule has 2 nitrogen and oxygen atoms in total. The summed E-state index contributed by atoms with van der Waals surface area (Å²) in [6.07, 6.45) is 0. The van der Waals surface area contributed by atoms with Crippen LogP contribution in [0.25, 0.3) is 11.1 Å². The highest BCUT2D eigenvalue weighted by Crippen LogP contribution is 2.38. The normalized spacial score (nSPS) is 12.0. The molecule has 0 amide bonds. The summed E-state index contributed by atoms with van der Waals surface area (Å²) in [4.78, 5) is 0. The Morgan fingerprint density at radius 1 is 1.04 bits per heavy atom. The van der Waals surface area contributed by atoms with Gasteiger partial charge in [-0.1, -0.05) is 44.5 Å². The largest absolute Gasteiger partial charge is 0.507 e. The Morgan fingerprint density at radius 3 is 2.15 bits per heavy atom. The minimum absolute atomic E-state index is 0. The maximum absolute atomic E-state index is 13.9. The second-order valence-electron chi connectivity index (χ2n) is 8.51. The third-order valence-electron chi connectivity index (χ3n) is 4.09. The van der Waals surface area contributed by atoms with Crippen molar-refractivity contribution in [1.29, 1.82) is 0 Å². The first-order valence-electron chi connectivity index (χ1n) is 8.45. The average molecular weight is 400 g/mol. The van der Waals surface area contributed by atoms with Gasteiger partial charge in [0.1, 0.15) is 11.6 Å². The molecule has 0 heterocycles. The Bertz CT molecular complexity index is 777. The van der Waals surface area contributed by atoms with Crippen molar-refractivity contribution in [3.63, 3.8) is 0 Å². The van der Waals surface area contributed by atoms with E-state index in [4.69, 9.17) is 11.6 Å². The molecule has 2 N–H and O–H groups in total. The molecule has 0 atom stereocenters. The van der Waals surface area contributed by atoms with Crippen molar-refractivity contribution in [1.82, 2.24) is 5.32 Å². The van der Waals surface area contributed by atoms with Crippen LogP contribution in [0.5, 0.6) is 5.75 Å². The number of phenolic OH excluding ortho intramolecular Hbond substituents is 1. The summed E-state index contributed by atoms with van der Waals surface area (Å²) in [5, 5.41) is 14.3. The molecule has 2 aromatic rings. The summed E-state index contributed by atoms with van der Waals surface area (Å²) in [5.74, 6) is -0.319. The lowest BCUT2D eigenvalue weighted by Gasteiger charge is -2.25. The molecule has 0 saturated heterocycles. The van der Waals surface area contributed by atoms with Gasteiger partial charge < -0.3 is 10.4 Å². The van der Waals surface area contributed by atoms with Gasteiger partial charge in [-0.05, 0) is 55.5 Å². The molecule has 0 bridgehead atoms. The predicted molar refractivity (Wildman–Crippen MR) is 111 cm³/mol. The van der Waals surface area contributed by atoms with Gasteiger partial charge >= 0.3 is 0 Å². The van der Waals surface area contributed by atoms with E-state index in [1.165, 1.54) is 12.1 Å². The molecule has 0 spiro atoms. The van der Waals surface area contributed by atoms with Crippen LogP contribution < -0.4 is 5.32 Å². The maximum atomic E-state index is 13.9. The number of benzene rings is 2. The van der Waals surface area contributed by atoms with E-state index in [0.29, 0.717) is 17.7 Å². The fourth-order valence-corrected chi connectivity index (χ4v) is 2.62. The summed E-state index contributed by atoms with van der Waals surface area (Å²) in [6, 6.07) is 8.56. The molecule has 0 fully saturated rings. The van der Waals surface area contributed by atoms with Crippen molar-refractivity contribution in [2.45, 2.75) is 59.0 Å². The Balaban J connectivity index is 0.00000338. The molecule has 0 unspecified atom stereocenters. The number of phenols is 1. The van der Waals surface area contributed by atoms with Gasteiger partial charge in [-0.3, -0.25) is 0 Å². The number of hydrogen-bond donors (Lipinski definition) is 2. The van der Waals surface area contributed by atoms with Crippen molar-refractivity contribution in [2.24, 2.45) is 0 Å². The van der Waals surface area contributed by atoms with Crippen LogP contribution in [0.4, 0.5) is 4.39 Å². The fourth-order valence-electron chi connectivity index (χ4n) is 2.51. The summed E-state index contributed by atoms with van der Waals surface area (Å²) < 4.78 is 13.9. The van der Waals surface area contributed by atoms with Crippen molar-refractivity contribution in [3.8, 4) is 16.9 Å². The van der Waals surface area contributed by atoms with Gasteiger partial charge in [-0.2, -0.15) is 0 Å². The third kappa shape index (κ3) is 5.60. The smallest absolute Gasteiger partial charge is 0.142 e. The van der Waals surface area contributed by atoms with Crippen molar-refractivity contribution in [2.75, 3.05) is 0 Å². The Hall–Kier alpha value is -1.29. The average Bonchev–Trinajstić information content (AvgIpc) is 2.47. The third-order valence-corrected chi connectivity index (χ3v) is 4.40. The first-order chi connectivity index (χ1) is 11.4. The van der Waals surface area contributed by atoms with Crippen LogP contribution in [-0.4, -0.2) is 10.6 Å². The molecule has 5 heteroatoms. The molecule has 0 aliphatic rings. The molecule has 0 saturated carbocycles. The first kappa shape index (κ1) is 22.8. The van der Waals surface area contributed by atoms with Crippen LogP contribution in [0, 0.1) is 5.82 Å². The molecule has 26 heavy (non-hydrogen) atoms. The van der Waals surface area contributed by atoms with Crippen molar-refractivity contribution in [3.05, 3.63) is 52.3 Å². The highest BCUT2D eigenvalue weighted by molar-refractivity contribution is 6.30. The van der Waals surface area contributed by atoms with Crippen LogP contribution in [0.2, 0.25) is 5.02 Å². The van der Waals surface area contributed by atoms with Gasteiger partial charge in [0.25, 0.3) is 0 Å². The summed E-state index contributed by atoms with van der Waals surface area (Å²) in [7, 11) is 0. The number of halogens is 3. The van der Waals surface area contributed by atoms with Gasteiger partial charge in [-0.15, -0.1) is 12.4 Å². The maximum Gasteiger partial charge on any atom is 0.142 e. The quantitative estimate of drug-likeness (QED) is 0.620. The predicted octanol–water partition coefficient (Wildman–Crippen LogP) is 6.46. The molecule has 0 radical (unpaired) electrons. The molecular weight excluding hydrogens is 372 g/mol. The van der Waals surface area contributed by atoms with Crippen LogP contribution >= 0.6 is 24.0 Å². The van der Waals surface area contributed by atoms with Crippen LogP contribution in [0.3, 0.4) is 0 Å². The lowest BCUT2D eigenvalue weighted by molar-refractivity contribution is 0.411. The second kappa shape index (κ2) is 8.16. The summed E-state index contributed by atoms with van der Waals surface area (Å²) >= 11 is 5.80. The van der Waals surface area contributed by atoms with Crippen LogP contribution in [-0.2, 0) is 12.0 Å². The Kier molecular flexibility index (Phi) is 7.14. The zero-order chi connectivity index (χ0) is 19.0. The van der Waals surface area contributed by atoms with E-state index in [0.717, 1.165) is 11.1 Å². The SMILES string of the molecule is CC(C)(C)NCc1cc(C(C)(C)C)cc(-c2ccc(Cl)c(F)c2)c1O.Cl. The first-order valence-corrected chi connectivity index (χ1v) is 8.83. The van der Waals surface area contributed by atoms with E-state index >= 15 is 0 Å². The number of nitrogens with one attached hydrogen (secondary N) is 1. The lowest BCUT2D eigenvalue weighted by Crippen LogP contribution is -2.35. The summed E-state index contributed by atoms with van der Waals surface area (Å²) in [6.45, 7) is 13.1. The van der Waals surface area contributed by atoms with Crippen LogP contribution in [0.15, 0.2) is 30.3 Å². The van der Waals surface area contributed by atoms with E-state index in [1.807, 2.05) is 12.1 Å². The molecule has 144 valence electrons. The fraction of sp³-hybridized carbons (Fsp3) is 0.429. The zero-order valence-electron chi connectivity index (χ0n) is 16.2. The van der Waals surface area contributed by atoms with Gasteiger partial charge in [0, 0.05) is 23.2 Å². The number of hydrogen-bond acceptors (Lipinski definition) is 2. The van der Waals surface area contributed by atoms with Crippen molar-refractivity contribution >= 4 is 24.0 Å². The topological polar surface area (TPSA) is 32.3 Å². The molecular formula is C21H28Cl2FNO. The van der Waals surface area contributed by atoms with E-state index in [1.54, 1.807) is 6.07 Å². The van der Waals surface area contributed by atoms with Crippen molar-refractivity contribution < 1.29 is 9.50 Å². The molecule has 2 rings (SSSR count). The molecule has 0 aliphatic carbocycles. The zero-order valence-corrected chi connectivity index (χ0v) is 17.8. The van der Waals surface area contributed by atoms with Gasteiger partial charge in [0.15, 0.2) is 0 Å². The van der Waals surface area contributed by atoms with E-state index in [9.17, 15) is 9.50 Å². The Labute approximate surface area is 167 Å². The minimum atomic E-state index is -0.492. The van der Waals surface area contributed by atoms with E-state index < -0.39 is 5.82 Å². The van der Waals surface area contributed by atoms with Gasteiger partial charge in [-0.25, -0.2) is 4.39 Å². The van der Waals surface area contributed by atoms with Gasteiger partial charge in [0.2, 0.25) is 0 Å². The standard InChI is InChI=1S/C21H27ClFNO.ClH/c1-20(2,3)15-9-14(12-24-21(4,5)6)19(25)16(11-15)13-7-8-17(22)18(23)10-13;/h7-11,24-25H,12H2,1-6H3;1H. The monoisotopic (exact) mass is 399 g/mol.